The van der Waals surface area contributed by atoms with Crippen LogP contribution in [-0.4, -0.2) is 80.3 Å². The number of aryl methyl sites for hydroxylation is 2. The number of aliphatic hydroxyl groups excluding tert-OH is 1. The first kappa shape index (κ1) is 31.1. The number of anilines is 1. The van der Waals surface area contributed by atoms with E-state index in [0.29, 0.717) is 43.6 Å². The Bertz CT molecular complexity index is 1400. The van der Waals surface area contributed by atoms with Crippen LogP contribution in [0.2, 0.25) is 0 Å². The zero-order valence-corrected chi connectivity index (χ0v) is 23.5. The minimum atomic E-state index is -3.52. The Morgan fingerprint density at radius 1 is 1.23 bits per heavy atom. The molecule has 2 aromatic carbocycles. The Hall–Kier alpha value is -3.48. The number of rotatable bonds is 11. The van der Waals surface area contributed by atoms with E-state index in [1.54, 1.807) is 12.1 Å². The normalized spacial score (nSPS) is 15.4. The van der Waals surface area contributed by atoms with E-state index in [9.17, 15) is 22.7 Å². The van der Waals surface area contributed by atoms with Gasteiger partial charge in [-0.3, -0.25) is 18.3 Å². The fourth-order valence-corrected chi connectivity index (χ4v) is 6.03. The molecule has 10 nitrogen and oxygen atoms in total. The molecule has 3 aromatic rings. The Morgan fingerprint density at radius 3 is 2.58 bits per heavy atom. The van der Waals surface area contributed by atoms with Gasteiger partial charge in [-0.15, -0.1) is 0 Å². The standard InChI is InChI=1S/C27H35FN4O4S.CH2O2/c1-3-32-18-20-10-13-37(35,36)31(2)23-15-21(16-24(32)26(20)23)27(34)30-22(14-19-8-5-4-6-9-19)25(33)17-29-12-7-11-28;2-1-3/h4-6,8-9,15-16,18,22,25,29,33H,3,7,10-14,17H2,1-2H3,(H,30,34);1H,(H,2,3)/t22-,25+;/m0./s1. The molecule has 40 heavy (non-hydrogen) atoms. The van der Waals surface area contributed by atoms with E-state index in [4.69, 9.17) is 9.90 Å². The fraction of sp³-hybridized carbons (Fsp3) is 0.429. The van der Waals surface area contributed by atoms with Crippen molar-refractivity contribution in [1.82, 2.24) is 15.2 Å². The lowest BCUT2D eigenvalue weighted by Gasteiger charge is -2.25. The van der Waals surface area contributed by atoms with Crippen molar-refractivity contribution in [1.29, 1.82) is 0 Å². The van der Waals surface area contributed by atoms with Gasteiger partial charge in [-0.25, -0.2) is 8.42 Å². The molecule has 218 valence electrons. The van der Waals surface area contributed by atoms with E-state index in [1.165, 1.54) is 11.4 Å². The molecule has 4 N–H and O–H groups in total. The van der Waals surface area contributed by atoms with Gasteiger partial charge in [0.25, 0.3) is 12.4 Å². The van der Waals surface area contributed by atoms with E-state index >= 15 is 0 Å². The Morgan fingerprint density at radius 2 is 1.93 bits per heavy atom. The molecule has 1 aliphatic heterocycles. The van der Waals surface area contributed by atoms with Gasteiger partial charge >= 0.3 is 0 Å². The van der Waals surface area contributed by atoms with Gasteiger partial charge in [-0.05, 0) is 56.0 Å². The van der Waals surface area contributed by atoms with Crippen LogP contribution in [0.3, 0.4) is 0 Å². The first-order valence-corrected chi connectivity index (χ1v) is 14.8. The average Bonchev–Trinajstić information content (AvgIpc) is 3.27. The highest BCUT2D eigenvalue weighted by atomic mass is 32.2. The predicted molar refractivity (Wildman–Crippen MR) is 153 cm³/mol. The molecule has 0 radical (unpaired) electrons. The van der Waals surface area contributed by atoms with Crippen LogP contribution >= 0.6 is 0 Å². The van der Waals surface area contributed by atoms with Crippen LogP contribution in [0.25, 0.3) is 10.9 Å². The highest BCUT2D eigenvalue weighted by Crippen LogP contribution is 2.36. The number of carbonyl (C=O) groups excluding carboxylic acids is 1. The van der Waals surface area contributed by atoms with Gasteiger partial charge in [0.1, 0.15) is 0 Å². The molecule has 0 fully saturated rings. The van der Waals surface area contributed by atoms with Crippen LogP contribution in [0.1, 0.15) is 34.8 Å². The average molecular weight is 577 g/mol. The van der Waals surface area contributed by atoms with Crippen molar-refractivity contribution in [2.24, 2.45) is 0 Å². The second kappa shape index (κ2) is 14.2. The summed E-state index contributed by atoms with van der Waals surface area (Å²) in [6.07, 6.45) is 2.21. The van der Waals surface area contributed by atoms with Crippen molar-refractivity contribution in [2.75, 3.05) is 36.9 Å². The lowest BCUT2D eigenvalue weighted by atomic mass is 10.00. The number of amides is 1. The van der Waals surface area contributed by atoms with Crippen molar-refractivity contribution in [3.05, 3.63) is 65.4 Å². The lowest BCUT2D eigenvalue weighted by molar-refractivity contribution is -0.122. The number of sulfonamides is 1. The SMILES string of the molecule is CCn1cc2c3c(cc(C(=O)N[C@@H](Cc4ccccc4)[C@H](O)CNCCCF)cc31)N(C)S(=O)(=O)CC2.O=CO. The molecule has 0 aliphatic carbocycles. The number of carboxylic acid groups (broad SMARTS) is 1. The minimum Gasteiger partial charge on any atom is -0.483 e. The monoisotopic (exact) mass is 576 g/mol. The Kier molecular flexibility index (Phi) is 11.1. The summed E-state index contributed by atoms with van der Waals surface area (Å²) in [5.41, 5.74) is 3.51. The molecule has 1 aliphatic rings. The molecule has 4 rings (SSSR count). The van der Waals surface area contributed by atoms with Crippen molar-refractivity contribution in [3.63, 3.8) is 0 Å². The van der Waals surface area contributed by atoms with Gasteiger partial charge in [0.2, 0.25) is 10.0 Å². The first-order valence-electron chi connectivity index (χ1n) is 13.2. The van der Waals surface area contributed by atoms with Crippen LogP contribution in [0.5, 0.6) is 0 Å². The van der Waals surface area contributed by atoms with Crippen molar-refractivity contribution >= 4 is 39.0 Å². The van der Waals surface area contributed by atoms with E-state index in [-0.39, 0.29) is 18.8 Å². The highest BCUT2D eigenvalue weighted by Gasteiger charge is 2.29. The summed E-state index contributed by atoms with van der Waals surface area (Å²) in [6.45, 7) is 2.62. The summed E-state index contributed by atoms with van der Waals surface area (Å²) in [5, 5.41) is 24.7. The molecule has 0 saturated heterocycles. The summed E-state index contributed by atoms with van der Waals surface area (Å²) in [6, 6.07) is 12.3. The largest absolute Gasteiger partial charge is 0.483 e. The summed E-state index contributed by atoms with van der Waals surface area (Å²) in [7, 11) is -2.00. The third kappa shape index (κ3) is 7.38. The van der Waals surface area contributed by atoms with Gasteiger partial charge in [0.15, 0.2) is 0 Å². The Labute approximate surface area is 233 Å². The highest BCUT2D eigenvalue weighted by molar-refractivity contribution is 7.92. The van der Waals surface area contributed by atoms with Crippen LogP contribution < -0.4 is 14.9 Å². The molecule has 0 unspecified atom stereocenters. The number of carbonyl (C=O) groups is 2. The molecule has 0 bridgehead atoms. The van der Waals surface area contributed by atoms with Crippen molar-refractivity contribution in [2.45, 2.75) is 44.9 Å². The lowest BCUT2D eigenvalue weighted by Crippen LogP contribution is -2.49. The molecular weight excluding hydrogens is 539 g/mol. The van der Waals surface area contributed by atoms with Gasteiger partial charge < -0.3 is 25.4 Å². The van der Waals surface area contributed by atoms with Gasteiger partial charge in [-0.2, -0.15) is 0 Å². The van der Waals surface area contributed by atoms with Crippen LogP contribution in [-0.2, 0) is 34.2 Å². The van der Waals surface area contributed by atoms with E-state index in [1.807, 2.05) is 48.0 Å². The number of benzene rings is 2. The van der Waals surface area contributed by atoms with Crippen LogP contribution in [0.15, 0.2) is 48.7 Å². The summed E-state index contributed by atoms with van der Waals surface area (Å²) in [5.74, 6) is -0.397. The van der Waals surface area contributed by atoms with E-state index < -0.39 is 34.8 Å². The summed E-state index contributed by atoms with van der Waals surface area (Å²) >= 11 is 0. The van der Waals surface area contributed by atoms with Gasteiger partial charge in [-0.1, -0.05) is 30.3 Å². The summed E-state index contributed by atoms with van der Waals surface area (Å²) in [4.78, 5) is 21.9. The second-order valence-corrected chi connectivity index (χ2v) is 11.7. The van der Waals surface area contributed by atoms with Gasteiger partial charge in [0, 0.05) is 37.3 Å². The predicted octanol–water partition coefficient (Wildman–Crippen LogP) is 2.34. The number of hydrogen-bond donors (Lipinski definition) is 4. The number of nitrogens with one attached hydrogen (secondary N) is 2. The Balaban J connectivity index is 0.00000141. The van der Waals surface area contributed by atoms with Crippen molar-refractivity contribution in [3.8, 4) is 0 Å². The zero-order valence-electron chi connectivity index (χ0n) is 22.7. The molecule has 2 atom stereocenters. The topological polar surface area (TPSA) is 141 Å². The second-order valence-electron chi connectivity index (χ2n) is 9.55. The maximum absolute atomic E-state index is 13.5. The maximum Gasteiger partial charge on any atom is 0.290 e. The molecular formula is C28H37FN4O6S. The maximum atomic E-state index is 13.5. The smallest absolute Gasteiger partial charge is 0.290 e. The van der Waals surface area contributed by atoms with Gasteiger partial charge in [0.05, 0.1) is 35.8 Å². The quantitative estimate of drug-likeness (QED) is 0.203. The molecule has 1 amide bonds. The molecule has 2 heterocycles. The molecule has 0 saturated carbocycles. The fourth-order valence-electron chi connectivity index (χ4n) is 4.83. The molecule has 0 spiro atoms. The number of hydrogen-bond acceptors (Lipinski definition) is 6. The number of alkyl halides is 1. The minimum absolute atomic E-state index is 0.00326. The summed E-state index contributed by atoms with van der Waals surface area (Å²) < 4.78 is 41.4. The number of halogens is 1. The number of aromatic nitrogens is 1. The zero-order chi connectivity index (χ0) is 29.3. The van der Waals surface area contributed by atoms with E-state index in [2.05, 4.69) is 10.6 Å². The van der Waals surface area contributed by atoms with Crippen LogP contribution in [0, 0.1) is 0 Å². The van der Waals surface area contributed by atoms with Crippen LogP contribution in [0.4, 0.5) is 10.1 Å². The first-order chi connectivity index (χ1) is 19.2. The number of nitrogens with zero attached hydrogens (tertiary/aromatic N) is 2. The third-order valence-electron chi connectivity index (χ3n) is 6.95. The molecule has 1 aromatic heterocycles. The molecule has 12 heteroatoms. The van der Waals surface area contributed by atoms with Crippen molar-refractivity contribution < 1.29 is 32.6 Å². The van der Waals surface area contributed by atoms with E-state index in [0.717, 1.165) is 22.0 Å². The number of aliphatic hydroxyl groups is 1. The third-order valence-corrected chi connectivity index (χ3v) is 8.70.